The van der Waals surface area contributed by atoms with Gasteiger partial charge < -0.3 is 20.1 Å². The van der Waals surface area contributed by atoms with Gasteiger partial charge in [-0.25, -0.2) is 0 Å². The van der Waals surface area contributed by atoms with Crippen LogP contribution in [0.1, 0.15) is 26.7 Å². The molecule has 130 valence electrons. The highest BCUT2D eigenvalue weighted by Crippen LogP contribution is 2.27. The number of rotatable bonds is 7. The summed E-state index contributed by atoms with van der Waals surface area (Å²) in [5, 5.41) is 6.32. The van der Waals surface area contributed by atoms with Gasteiger partial charge in [0.15, 0.2) is 18.1 Å². The lowest BCUT2D eigenvalue weighted by Crippen LogP contribution is -2.43. The molecule has 1 aliphatic rings. The monoisotopic (exact) mass is 342 g/mol. The lowest BCUT2D eigenvalue weighted by molar-refractivity contribution is -0.123. The third-order valence-electron chi connectivity index (χ3n) is 4.03. The van der Waals surface area contributed by atoms with Crippen molar-refractivity contribution in [2.24, 2.45) is 5.41 Å². The molecule has 0 bridgehead atoms. The summed E-state index contributed by atoms with van der Waals surface area (Å²) < 4.78 is 11.1. The van der Waals surface area contributed by atoms with Crippen LogP contribution >= 0.6 is 12.4 Å². The Morgan fingerprint density at radius 1 is 1.22 bits per heavy atom. The van der Waals surface area contributed by atoms with Crippen molar-refractivity contribution in [1.29, 1.82) is 0 Å². The summed E-state index contributed by atoms with van der Waals surface area (Å²) in [6.07, 6.45) is 2.17. The first-order valence-corrected chi connectivity index (χ1v) is 7.95. The normalized spacial score (nSPS) is 16.1. The molecular weight excluding hydrogens is 316 g/mol. The first-order chi connectivity index (χ1) is 10.6. The van der Waals surface area contributed by atoms with Gasteiger partial charge in [0, 0.05) is 6.54 Å². The molecule has 1 aromatic carbocycles. The molecule has 0 radical (unpaired) electrons. The Morgan fingerprint density at radius 2 is 1.83 bits per heavy atom. The van der Waals surface area contributed by atoms with Crippen molar-refractivity contribution in [3.05, 3.63) is 24.3 Å². The number of benzene rings is 1. The summed E-state index contributed by atoms with van der Waals surface area (Å²) in [5.74, 6) is 1.18. The summed E-state index contributed by atoms with van der Waals surface area (Å²) in [5.41, 5.74) is 0.185. The Bertz CT molecular complexity index is 490. The van der Waals surface area contributed by atoms with Crippen LogP contribution in [0.2, 0.25) is 0 Å². The molecule has 23 heavy (non-hydrogen) atoms. The van der Waals surface area contributed by atoms with Gasteiger partial charge in [0.2, 0.25) is 0 Å². The van der Waals surface area contributed by atoms with Crippen LogP contribution in [0.15, 0.2) is 24.3 Å². The molecule has 1 aliphatic heterocycles. The van der Waals surface area contributed by atoms with Gasteiger partial charge in [0.25, 0.3) is 5.91 Å². The minimum atomic E-state index is -0.0916. The molecule has 2 rings (SSSR count). The molecule has 1 fully saturated rings. The van der Waals surface area contributed by atoms with E-state index in [9.17, 15) is 4.79 Å². The maximum absolute atomic E-state index is 12.0. The SMILES string of the molecule is CCOc1ccccc1OCC(=O)NCC1(C)CCNCC1.Cl. The van der Waals surface area contributed by atoms with Gasteiger partial charge in [-0.1, -0.05) is 19.1 Å². The molecule has 0 unspecified atom stereocenters. The number of carbonyl (C=O) groups is 1. The molecule has 0 spiro atoms. The number of hydrogen-bond donors (Lipinski definition) is 2. The molecule has 1 aromatic rings. The van der Waals surface area contributed by atoms with Gasteiger partial charge in [-0.3, -0.25) is 4.79 Å². The van der Waals surface area contributed by atoms with E-state index in [1.54, 1.807) is 0 Å². The number of hydrogen-bond acceptors (Lipinski definition) is 4. The van der Waals surface area contributed by atoms with Crippen LogP contribution in [-0.2, 0) is 4.79 Å². The molecule has 0 aromatic heterocycles. The second-order valence-corrected chi connectivity index (χ2v) is 6.01. The first-order valence-electron chi connectivity index (χ1n) is 7.95. The van der Waals surface area contributed by atoms with Crippen LogP contribution in [-0.4, -0.2) is 38.8 Å². The Balaban J connectivity index is 0.00000264. The predicted molar refractivity (Wildman–Crippen MR) is 93.6 cm³/mol. The maximum atomic E-state index is 12.0. The molecule has 0 aliphatic carbocycles. The Hall–Kier alpha value is -1.46. The fraction of sp³-hybridized carbons (Fsp3) is 0.588. The Labute approximate surface area is 144 Å². The zero-order chi connectivity index (χ0) is 15.8. The zero-order valence-corrected chi connectivity index (χ0v) is 14.7. The van der Waals surface area contributed by atoms with Crippen LogP contribution in [0.5, 0.6) is 11.5 Å². The summed E-state index contributed by atoms with van der Waals surface area (Å²) >= 11 is 0. The second kappa shape index (κ2) is 9.63. The highest BCUT2D eigenvalue weighted by atomic mass is 35.5. The van der Waals surface area contributed by atoms with Crippen molar-refractivity contribution in [2.45, 2.75) is 26.7 Å². The number of nitrogens with one attached hydrogen (secondary N) is 2. The van der Waals surface area contributed by atoms with E-state index in [1.807, 2.05) is 31.2 Å². The zero-order valence-electron chi connectivity index (χ0n) is 13.9. The van der Waals surface area contributed by atoms with Gasteiger partial charge in [-0.05, 0) is 50.4 Å². The van der Waals surface area contributed by atoms with Crippen LogP contribution in [0.25, 0.3) is 0 Å². The molecule has 6 heteroatoms. The van der Waals surface area contributed by atoms with E-state index in [4.69, 9.17) is 9.47 Å². The average molecular weight is 343 g/mol. The largest absolute Gasteiger partial charge is 0.490 e. The van der Waals surface area contributed by atoms with E-state index in [1.165, 1.54) is 0 Å². The van der Waals surface area contributed by atoms with Crippen LogP contribution in [0, 0.1) is 5.41 Å². The minimum absolute atomic E-state index is 0. The fourth-order valence-electron chi connectivity index (χ4n) is 2.56. The van der Waals surface area contributed by atoms with Crippen molar-refractivity contribution < 1.29 is 14.3 Å². The number of para-hydroxylation sites is 2. The Morgan fingerprint density at radius 3 is 2.43 bits per heavy atom. The third-order valence-corrected chi connectivity index (χ3v) is 4.03. The molecule has 5 nitrogen and oxygen atoms in total. The third kappa shape index (κ3) is 6.28. The summed E-state index contributed by atoms with van der Waals surface area (Å²) in [4.78, 5) is 12.0. The Kier molecular flexibility index (Phi) is 8.20. The quantitative estimate of drug-likeness (QED) is 0.798. The predicted octanol–water partition coefficient (Wildman–Crippen LogP) is 2.39. The van der Waals surface area contributed by atoms with Crippen LogP contribution in [0.3, 0.4) is 0 Å². The summed E-state index contributed by atoms with van der Waals surface area (Å²) in [6, 6.07) is 7.40. The topological polar surface area (TPSA) is 59.6 Å². The first kappa shape index (κ1) is 19.6. The number of amides is 1. The van der Waals surface area contributed by atoms with E-state index in [-0.39, 0.29) is 30.3 Å². The molecule has 0 saturated carbocycles. The molecule has 1 amide bonds. The average Bonchev–Trinajstić information content (AvgIpc) is 2.53. The van der Waals surface area contributed by atoms with Crippen molar-refractivity contribution >= 4 is 18.3 Å². The number of carbonyl (C=O) groups excluding carboxylic acids is 1. The van der Waals surface area contributed by atoms with Crippen LogP contribution < -0.4 is 20.1 Å². The molecule has 2 N–H and O–H groups in total. The van der Waals surface area contributed by atoms with E-state index >= 15 is 0 Å². The fourth-order valence-corrected chi connectivity index (χ4v) is 2.56. The van der Waals surface area contributed by atoms with Crippen molar-refractivity contribution in [2.75, 3.05) is 32.8 Å². The lowest BCUT2D eigenvalue weighted by Gasteiger charge is -2.34. The summed E-state index contributed by atoms with van der Waals surface area (Å²) in [6.45, 7) is 7.46. The van der Waals surface area contributed by atoms with Crippen molar-refractivity contribution in [3.8, 4) is 11.5 Å². The van der Waals surface area contributed by atoms with E-state index < -0.39 is 0 Å². The molecular formula is C17H27ClN2O3. The molecule has 1 saturated heterocycles. The maximum Gasteiger partial charge on any atom is 0.257 e. The number of halogens is 1. The second-order valence-electron chi connectivity index (χ2n) is 6.01. The van der Waals surface area contributed by atoms with E-state index in [0.717, 1.165) is 25.9 Å². The number of piperidine rings is 1. The molecule has 1 heterocycles. The number of ether oxygens (including phenoxy) is 2. The van der Waals surface area contributed by atoms with Crippen molar-refractivity contribution in [3.63, 3.8) is 0 Å². The smallest absolute Gasteiger partial charge is 0.257 e. The van der Waals surface area contributed by atoms with E-state index in [0.29, 0.717) is 24.7 Å². The molecule has 0 atom stereocenters. The van der Waals surface area contributed by atoms with Gasteiger partial charge in [-0.2, -0.15) is 0 Å². The highest BCUT2D eigenvalue weighted by Gasteiger charge is 2.27. The van der Waals surface area contributed by atoms with E-state index in [2.05, 4.69) is 17.6 Å². The van der Waals surface area contributed by atoms with Gasteiger partial charge in [0.05, 0.1) is 6.61 Å². The highest BCUT2D eigenvalue weighted by molar-refractivity contribution is 5.85. The summed E-state index contributed by atoms with van der Waals surface area (Å²) in [7, 11) is 0. The lowest BCUT2D eigenvalue weighted by atomic mass is 9.81. The standard InChI is InChI=1S/C17H26N2O3.ClH/c1-3-21-14-6-4-5-7-15(14)22-12-16(20)19-13-17(2)8-10-18-11-9-17;/h4-7,18H,3,8-13H2,1-2H3,(H,19,20);1H. The van der Waals surface area contributed by atoms with Gasteiger partial charge in [-0.15, -0.1) is 12.4 Å². The van der Waals surface area contributed by atoms with Gasteiger partial charge >= 0.3 is 0 Å². The van der Waals surface area contributed by atoms with Crippen molar-refractivity contribution in [1.82, 2.24) is 10.6 Å². The minimum Gasteiger partial charge on any atom is -0.490 e. The van der Waals surface area contributed by atoms with Crippen LogP contribution in [0.4, 0.5) is 0 Å². The van der Waals surface area contributed by atoms with Gasteiger partial charge in [0.1, 0.15) is 0 Å².